The predicted octanol–water partition coefficient (Wildman–Crippen LogP) is 2.70. The van der Waals surface area contributed by atoms with Crippen LogP contribution in [0.15, 0.2) is 49.6 Å². The Kier molecular flexibility index (Phi) is 4.03. The summed E-state index contributed by atoms with van der Waals surface area (Å²) in [6, 6.07) is 6.98. The summed E-state index contributed by atoms with van der Waals surface area (Å²) in [5.74, 6) is 1.91. The molecule has 1 aromatic carbocycles. The van der Waals surface area contributed by atoms with Crippen LogP contribution in [0.2, 0.25) is 0 Å². The number of rotatable bonds is 5. The van der Waals surface area contributed by atoms with Gasteiger partial charge in [0.25, 0.3) is 0 Å². The van der Waals surface area contributed by atoms with Crippen LogP contribution in [-0.4, -0.2) is 20.1 Å². The summed E-state index contributed by atoms with van der Waals surface area (Å²) in [7, 11) is 0. The van der Waals surface area contributed by atoms with Gasteiger partial charge >= 0.3 is 0 Å². The van der Waals surface area contributed by atoms with Gasteiger partial charge in [0.2, 0.25) is 0 Å². The maximum Gasteiger partial charge on any atom is 0.167 e. The van der Waals surface area contributed by atoms with Gasteiger partial charge in [0.05, 0.1) is 5.56 Å². The molecule has 4 heteroatoms. The third-order valence-electron chi connectivity index (χ3n) is 2.53. The van der Waals surface area contributed by atoms with Crippen LogP contribution < -0.4 is 0 Å². The number of phenolic OH excluding ortho intramolecular Hbond substituents is 1. The Morgan fingerprint density at radius 3 is 2.05 bits per heavy atom. The molecule has 0 spiro atoms. The van der Waals surface area contributed by atoms with E-state index in [-0.39, 0.29) is 5.75 Å². The largest absolute Gasteiger partial charge is 0.507 e. The van der Waals surface area contributed by atoms with E-state index in [2.05, 4.69) is 28.1 Å². The minimum atomic E-state index is 0.155. The lowest BCUT2D eigenvalue weighted by atomic mass is 10.2. The SMILES string of the molecule is C=CCc1nc(CC=C)nc(-c2ccccc2O)n1. The van der Waals surface area contributed by atoms with Crippen LogP contribution in [0.1, 0.15) is 11.6 Å². The van der Waals surface area contributed by atoms with E-state index in [9.17, 15) is 5.11 Å². The fourth-order valence-corrected chi connectivity index (χ4v) is 1.69. The minimum absolute atomic E-state index is 0.155. The number of hydrogen-bond donors (Lipinski definition) is 1. The molecule has 2 aromatic rings. The number of para-hydroxylation sites is 1. The molecule has 0 bridgehead atoms. The number of nitrogens with zero attached hydrogens (tertiary/aromatic N) is 3. The van der Waals surface area contributed by atoms with Crippen molar-refractivity contribution in [2.45, 2.75) is 12.8 Å². The molecule has 2 rings (SSSR count). The van der Waals surface area contributed by atoms with Crippen LogP contribution in [0.3, 0.4) is 0 Å². The van der Waals surface area contributed by atoms with Crippen LogP contribution in [0.5, 0.6) is 5.75 Å². The molecule has 96 valence electrons. The second-order valence-electron chi connectivity index (χ2n) is 3.99. The molecule has 0 aliphatic rings. The normalized spacial score (nSPS) is 10.1. The summed E-state index contributed by atoms with van der Waals surface area (Å²) in [6.07, 6.45) is 4.60. The number of hydrogen-bond acceptors (Lipinski definition) is 4. The first-order valence-electron chi connectivity index (χ1n) is 5.98. The molecule has 4 nitrogen and oxygen atoms in total. The fraction of sp³-hybridized carbons (Fsp3) is 0.133. The molecule has 0 aliphatic carbocycles. The van der Waals surface area contributed by atoms with E-state index in [1.54, 1.807) is 30.4 Å². The number of allylic oxidation sites excluding steroid dienone is 2. The highest BCUT2D eigenvalue weighted by atomic mass is 16.3. The van der Waals surface area contributed by atoms with E-state index in [0.29, 0.717) is 35.9 Å². The first kappa shape index (κ1) is 13.0. The van der Waals surface area contributed by atoms with E-state index < -0.39 is 0 Å². The zero-order valence-corrected chi connectivity index (χ0v) is 10.6. The molecule has 0 radical (unpaired) electrons. The van der Waals surface area contributed by atoms with E-state index in [0.717, 1.165) is 0 Å². The third-order valence-corrected chi connectivity index (χ3v) is 2.53. The smallest absolute Gasteiger partial charge is 0.167 e. The topological polar surface area (TPSA) is 58.9 Å². The number of aromatic nitrogens is 3. The van der Waals surface area contributed by atoms with Crippen molar-refractivity contribution in [1.29, 1.82) is 0 Å². The van der Waals surface area contributed by atoms with Gasteiger partial charge in [-0.2, -0.15) is 0 Å². The van der Waals surface area contributed by atoms with Crippen molar-refractivity contribution in [2.24, 2.45) is 0 Å². The zero-order valence-electron chi connectivity index (χ0n) is 10.6. The predicted molar refractivity (Wildman–Crippen MR) is 74.7 cm³/mol. The molecule has 19 heavy (non-hydrogen) atoms. The third kappa shape index (κ3) is 3.04. The number of aromatic hydroxyl groups is 1. The Morgan fingerprint density at radius 1 is 0.947 bits per heavy atom. The minimum Gasteiger partial charge on any atom is -0.507 e. The molecular weight excluding hydrogens is 238 g/mol. The van der Waals surface area contributed by atoms with Gasteiger partial charge in [-0.05, 0) is 12.1 Å². The Balaban J connectivity index is 2.52. The van der Waals surface area contributed by atoms with E-state index in [1.165, 1.54) is 0 Å². The van der Waals surface area contributed by atoms with E-state index >= 15 is 0 Å². The zero-order chi connectivity index (χ0) is 13.7. The van der Waals surface area contributed by atoms with Gasteiger partial charge in [-0.1, -0.05) is 24.3 Å². The lowest BCUT2D eigenvalue weighted by Crippen LogP contribution is -2.04. The monoisotopic (exact) mass is 253 g/mol. The first-order chi connectivity index (χ1) is 9.24. The molecule has 0 saturated carbocycles. The van der Waals surface area contributed by atoms with Crippen molar-refractivity contribution in [1.82, 2.24) is 15.0 Å². The van der Waals surface area contributed by atoms with Crippen molar-refractivity contribution >= 4 is 0 Å². The van der Waals surface area contributed by atoms with Crippen LogP contribution in [0.25, 0.3) is 11.4 Å². The number of phenols is 1. The highest BCUT2D eigenvalue weighted by molar-refractivity contribution is 5.63. The average molecular weight is 253 g/mol. The van der Waals surface area contributed by atoms with Gasteiger partial charge in [0.1, 0.15) is 17.4 Å². The lowest BCUT2D eigenvalue weighted by Gasteiger charge is -2.06. The molecule has 0 fully saturated rings. The first-order valence-corrected chi connectivity index (χ1v) is 5.98. The Bertz CT molecular complexity index is 580. The van der Waals surface area contributed by atoms with E-state index in [1.807, 2.05) is 6.07 Å². The van der Waals surface area contributed by atoms with Crippen molar-refractivity contribution in [2.75, 3.05) is 0 Å². The highest BCUT2D eigenvalue weighted by Crippen LogP contribution is 2.25. The maximum atomic E-state index is 9.86. The Morgan fingerprint density at radius 2 is 1.53 bits per heavy atom. The summed E-state index contributed by atoms with van der Waals surface area (Å²) in [6.45, 7) is 7.36. The van der Waals surface area contributed by atoms with Gasteiger partial charge in [-0.25, -0.2) is 15.0 Å². The molecule has 0 unspecified atom stereocenters. The summed E-state index contributed by atoms with van der Waals surface area (Å²) >= 11 is 0. The molecule has 0 atom stereocenters. The molecular formula is C15H15N3O. The van der Waals surface area contributed by atoms with Crippen molar-refractivity contribution < 1.29 is 5.11 Å². The standard InChI is InChI=1S/C15H15N3O/c1-3-7-13-16-14(8-4-2)18-15(17-13)11-9-5-6-10-12(11)19/h3-6,9-10,19H,1-2,7-8H2. The van der Waals surface area contributed by atoms with Crippen LogP contribution in [-0.2, 0) is 12.8 Å². The van der Waals surface area contributed by atoms with Crippen molar-refractivity contribution in [3.63, 3.8) is 0 Å². The highest BCUT2D eigenvalue weighted by Gasteiger charge is 2.10. The molecule has 0 saturated heterocycles. The average Bonchev–Trinajstić information content (AvgIpc) is 2.40. The van der Waals surface area contributed by atoms with Crippen LogP contribution >= 0.6 is 0 Å². The van der Waals surface area contributed by atoms with Gasteiger partial charge in [-0.15, -0.1) is 13.2 Å². The van der Waals surface area contributed by atoms with Gasteiger partial charge in [0.15, 0.2) is 5.82 Å². The quantitative estimate of drug-likeness (QED) is 0.832. The maximum absolute atomic E-state index is 9.86. The Hall–Kier alpha value is -2.49. The molecule has 1 heterocycles. The molecule has 1 N–H and O–H groups in total. The van der Waals surface area contributed by atoms with Crippen LogP contribution in [0.4, 0.5) is 0 Å². The van der Waals surface area contributed by atoms with Gasteiger partial charge in [-0.3, -0.25) is 0 Å². The second kappa shape index (κ2) is 5.91. The second-order valence-corrected chi connectivity index (χ2v) is 3.99. The van der Waals surface area contributed by atoms with Gasteiger partial charge < -0.3 is 5.11 Å². The summed E-state index contributed by atoms with van der Waals surface area (Å²) in [5.41, 5.74) is 0.598. The molecule has 1 aromatic heterocycles. The summed E-state index contributed by atoms with van der Waals surface area (Å²) in [4.78, 5) is 13.0. The van der Waals surface area contributed by atoms with Crippen LogP contribution in [0, 0.1) is 0 Å². The van der Waals surface area contributed by atoms with Crippen molar-refractivity contribution in [3.8, 4) is 17.1 Å². The Labute approximate surface area is 112 Å². The van der Waals surface area contributed by atoms with Crippen molar-refractivity contribution in [3.05, 3.63) is 61.2 Å². The number of benzene rings is 1. The summed E-state index contributed by atoms with van der Waals surface area (Å²) < 4.78 is 0. The fourth-order valence-electron chi connectivity index (χ4n) is 1.69. The molecule has 0 aliphatic heterocycles. The summed E-state index contributed by atoms with van der Waals surface area (Å²) in [5, 5.41) is 9.86. The van der Waals surface area contributed by atoms with E-state index in [4.69, 9.17) is 0 Å². The lowest BCUT2D eigenvalue weighted by molar-refractivity contribution is 0.477. The van der Waals surface area contributed by atoms with Gasteiger partial charge in [0, 0.05) is 12.8 Å². The molecule has 0 amide bonds.